The van der Waals surface area contributed by atoms with Crippen molar-refractivity contribution >= 4 is 5.91 Å². The van der Waals surface area contributed by atoms with Gasteiger partial charge in [-0.1, -0.05) is 64.0 Å². The summed E-state index contributed by atoms with van der Waals surface area (Å²) in [5.41, 5.74) is 1.25. The Morgan fingerprint density at radius 3 is 2.04 bits per heavy atom. The average Bonchev–Trinajstić information content (AvgIpc) is 3.08. The zero-order valence-electron chi connectivity index (χ0n) is 27.8. The van der Waals surface area contributed by atoms with E-state index in [2.05, 4.69) is 17.4 Å². The van der Waals surface area contributed by atoms with E-state index in [1.54, 1.807) is 12.1 Å². The summed E-state index contributed by atoms with van der Waals surface area (Å²) in [6, 6.07) is 12.9. The largest absolute Gasteiger partial charge is 0.457 e. The SMILES string of the molecule is CCC[C@@H](O)[C@@H](O)[C@H](CO[C@H]1OC(CO)[C@H](O)C(O)C1O)NC(=O)CCCCCCCCCCc1ccc(Oc2ccc(F)cc2)cc1. The van der Waals surface area contributed by atoms with Crippen LogP contribution in [0, 0.1) is 5.82 Å². The number of halogens is 1. The van der Waals surface area contributed by atoms with Gasteiger partial charge in [0.05, 0.1) is 25.4 Å². The Balaban J connectivity index is 1.28. The van der Waals surface area contributed by atoms with E-state index in [1.165, 1.54) is 17.7 Å². The Morgan fingerprint density at radius 1 is 0.854 bits per heavy atom. The van der Waals surface area contributed by atoms with Crippen LogP contribution in [0.4, 0.5) is 4.39 Å². The van der Waals surface area contributed by atoms with E-state index in [4.69, 9.17) is 14.2 Å². The number of rotatable bonds is 22. The summed E-state index contributed by atoms with van der Waals surface area (Å²) >= 11 is 0. The maximum atomic E-state index is 13.1. The van der Waals surface area contributed by atoms with E-state index in [1.807, 2.05) is 19.1 Å². The first-order valence-electron chi connectivity index (χ1n) is 17.2. The number of aliphatic hydroxyl groups excluding tert-OH is 6. The van der Waals surface area contributed by atoms with Crippen LogP contribution < -0.4 is 10.1 Å². The van der Waals surface area contributed by atoms with E-state index < -0.39 is 55.6 Å². The molecule has 1 heterocycles. The van der Waals surface area contributed by atoms with Crippen LogP contribution in [0.25, 0.3) is 0 Å². The quantitative estimate of drug-likeness (QED) is 0.0912. The first-order valence-corrected chi connectivity index (χ1v) is 17.2. The Hall–Kier alpha value is -2.68. The highest BCUT2D eigenvalue weighted by Gasteiger charge is 2.44. The monoisotopic (exact) mass is 679 g/mol. The Kier molecular flexibility index (Phi) is 17.7. The minimum atomic E-state index is -1.62. The summed E-state index contributed by atoms with van der Waals surface area (Å²) in [6.45, 7) is 0.897. The second kappa shape index (κ2) is 21.4. The lowest BCUT2D eigenvalue weighted by molar-refractivity contribution is -0.303. The van der Waals surface area contributed by atoms with Crippen LogP contribution in [-0.4, -0.2) is 98.7 Å². The van der Waals surface area contributed by atoms with Gasteiger partial charge >= 0.3 is 0 Å². The van der Waals surface area contributed by atoms with Gasteiger partial charge in [-0.15, -0.1) is 0 Å². The number of aryl methyl sites for hydroxylation is 1. The Morgan fingerprint density at radius 2 is 1.44 bits per heavy atom. The number of hydrogen-bond donors (Lipinski definition) is 7. The third-order valence-corrected chi connectivity index (χ3v) is 8.62. The molecule has 1 saturated heterocycles. The van der Waals surface area contributed by atoms with Gasteiger partial charge < -0.3 is 50.2 Å². The standard InChI is InChI=1S/C36H54FNO10/c1-2-11-29(40)32(42)28(23-46-36-35(45)34(44)33(43)30(22-39)48-36)38-31(41)13-10-8-6-4-3-5-7-9-12-24-14-18-26(19-15-24)47-27-20-16-25(37)17-21-27/h14-21,28-30,32-36,39-40,42-45H,2-13,22-23H2,1H3,(H,38,41)/t28-,29+,30?,32-,33-,34?,35?,36-/m0/s1. The van der Waals surface area contributed by atoms with Crippen molar-refractivity contribution in [2.75, 3.05) is 13.2 Å². The van der Waals surface area contributed by atoms with E-state index >= 15 is 0 Å². The Labute approximate surface area is 282 Å². The number of ether oxygens (including phenoxy) is 3. The van der Waals surface area contributed by atoms with Gasteiger partial charge in [-0.3, -0.25) is 4.79 Å². The van der Waals surface area contributed by atoms with E-state index in [-0.39, 0.29) is 24.8 Å². The first kappa shape index (κ1) is 39.8. The Bertz CT molecular complexity index is 1170. The molecule has 0 radical (unpaired) electrons. The van der Waals surface area contributed by atoms with Gasteiger partial charge in [0.1, 0.15) is 47.8 Å². The lowest BCUT2D eigenvalue weighted by Crippen LogP contribution is -2.60. The van der Waals surface area contributed by atoms with Crippen molar-refractivity contribution in [1.29, 1.82) is 0 Å². The predicted octanol–water partition coefficient (Wildman–Crippen LogP) is 3.49. The molecule has 0 spiro atoms. The molecule has 1 fully saturated rings. The molecule has 8 atom stereocenters. The predicted molar refractivity (Wildman–Crippen MR) is 177 cm³/mol. The number of benzene rings is 2. The minimum Gasteiger partial charge on any atom is -0.457 e. The van der Waals surface area contributed by atoms with Crippen LogP contribution in [0.15, 0.2) is 48.5 Å². The summed E-state index contributed by atoms with van der Waals surface area (Å²) in [7, 11) is 0. The highest BCUT2D eigenvalue weighted by atomic mass is 19.1. The van der Waals surface area contributed by atoms with E-state index in [0.29, 0.717) is 30.8 Å². The van der Waals surface area contributed by atoms with Gasteiger partial charge in [0.2, 0.25) is 5.91 Å². The number of carbonyl (C=O) groups excluding carboxylic acids is 1. The van der Waals surface area contributed by atoms with Crippen LogP contribution >= 0.6 is 0 Å². The molecule has 7 N–H and O–H groups in total. The van der Waals surface area contributed by atoms with Crippen molar-refractivity contribution < 1.29 is 54.0 Å². The molecule has 12 heteroatoms. The van der Waals surface area contributed by atoms with Crippen molar-refractivity contribution in [1.82, 2.24) is 5.32 Å². The zero-order chi connectivity index (χ0) is 34.9. The fourth-order valence-electron chi connectivity index (χ4n) is 5.68. The van der Waals surface area contributed by atoms with Crippen molar-refractivity contribution in [3.05, 3.63) is 59.9 Å². The maximum Gasteiger partial charge on any atom is 0.220 e. The lowest BCUT2D eigenvalue weighted by Gasteiger charge is -2.40. The van der Waals surface area contributed by atoms with Gasteiger partial charge in [0, 0.05) is 6.42 Å². The maximum absolute atomic E-state index is 13.1. The fourth-order valence-corrected chi connectivity index (χ4v) is 5.68. The van der Waals surface area contributed by atoms with Crippen molar-refractivity contribution in [2.45, 2.75) is 133 Å². The zero-order valence-corrected chi connectivity index (χ0v) is 27.8. The van der Waals surface area contributed by atoms with Crippen LogP contribution in [-0.2, 0) is 20.7 Å². The summed E-state index contributed by atoms with van der Waals surface area (Å²) in [5, 5.41) is 63.4. The second-order valence-electron chi connectivity index (χ2n) is 12.6. The lowest BCUT2D eigenvalue weighted by atomic mass is 9.99. The van der Waals surface area contributed by atoms with Crippen LogP contribution in [0.2, 0.25) is 0 Å². The molecule has 3 unspecified atom stereocenters. The molecular weight excluding hydrogens is 625 g/mol. The molecule has 1 aliphatic heterocycles. The average molecular weight is 680 g/mol. The van der Waals surface area contributed by atoms with Gasteiger partial charge in [-0.05, 0) is 67.6 Å². The number of unbranched alkanes of at least 4 members (excludes halogenated alkanes) is 7. The molecule has 0 saturated carbocycles. The molecule has 2 aromatic carbocycles. The fraction of sp³-hybridized carbons (Fsp3) is 0.639. The third kappa shape index (κ3) is 13.3. The summed E-state index contributed by atoms with van der Waals surface area (Å²) in [4.78, 5) is 12.7. The molecule has 3 rings (SSSR count). The van der Waals surface area contributed by atoms with Gasteiger partial charge in [0.15, 0.2) is 6.29 Å². The van der Waals surface area contributed by atoms with Gasteiger partial charge in [-0.25, -0.2) is 4.39 Å². The van der Waals surface area contributed by atoms with Crippen LogP contribution in [0.1, 0.15) is 83.1 Å². The van der Waals surface area contributed by atoms with Gasteiger partial charge in [-0.2, -0.15) is 0 Å². The molecule has 11 nitrogen and oxygen atoms in total. The highest BCUT2D eigenvalue weighted by molar-refractivity contribution is 5.76. The molecule has 0 aliphatic carbocycles. The van der Waals surface area contributed by atoms with Gasteiger partial charge in [0.25, 0.3) is 0 Å². The number of aliphatic hydroxyl groups is 6. The highest BCUT2D eigenvalue weighted by Crippen LogP contribution is 2.24. The van der Waals surface area contributed by atoms with Crippen molar-refractivity contribution in [3.63, 3.8) is 0 Å². The molecule has 270 valence electrons. The number of nitrogens with one attached hydrogen (secondary N) is 1. The second-order valence-corrected chi connectivity index (χ2v) is 12.6. The number of amides is 1. The number of carbonyl (C=O) groups is 1. The molecule has 1 amide bonds. The third-order valence-electron chi connectivity index (χ3n) is 8.62. The van der Waals surface area contributed by atoms with Crippen molar-refractivity contribution in [3.8, 4) is 11.5 Å². The first-order chi connectivity index (χ1) is 23.1. The summed E-state index contributed by atoms with van der Waals surface area (Å²) < 4.78 is 29.7. The molecule has 2 aromatic rings. The molecular formula is C36H54FNO10. The van der Waals surface area contributed by atoms with Crippen molar-refractivity contribution in [2.24, 2.45) is 0 Å². The molecule has 0 aromatic heterocycles. The van der Waals surface area contributed by atoms with Crippen LogP contribution in [0.5, 0.6) is 11.5 Å². The molecule has 1 aliphatic rings. The minimum absolute atomic E-state index is 0.237. The van der Waals surface area contributed by atoms with Crippen LogP contribution in [0.3, 0.4) is 0 Å². The molecule has 0 bridgehead atoms. The molecule has 48 heavy (non-hydrogen) atoms. The normalized spacial score (nSPS) is 23.0. The van der Waals surface area contributed by atoms with E-state index in [9.17, 15) is 39.8 Å². The van der Waals surface area contributed by atoms with E-state index in [0.717, 1.165) is 51.4 Å². The smallest absolute Gasteiger partial charge is 0.220 e. The summed E-state index contributed by atoms with van der Waals surface area (Å²) in [6.07, 6.45) is 0.443. The number of hydrogen-bond acceptors (Lipinski definition) is 10. The summed E-state index contributed by atoms with van der Waals surface area (Å²) in [5.74, 6) is 0.703. The topological polar surface area (TPSA) is 178 Å².